The van der Waals surface area contributed by atoms with Gasteiger partial charge in [-0.2, -0.15) is 8.42 Å². The lowest BCUT2D eigenvalue weighted by molar-refractivity contribution is -0.140. The zero-order chi connectivity index (χ0) is 26.0. The van der Waals surface area contributed by atoms with E-state index in [-0.39, 0.29) is 31.3 Å². The minimum Gasteiger partial charge on any atom is -0.448 e. The van der Waals surface area contributed by atoms with Gasteiger partial charge in [0.2, 0.25) is 17.3 Å². The molecule has 4 N–H and O–H groups in total. The Morgan fingerprint density at radius 1 is 1.20 bits per heavy atom. The minimum atomic E-state index is -5.00. The lowest BCUT2D eigenvalue weighted by Crippen LogP contribution is -2.58. The lowest BCUT2D eigenvalue weighted by Gasteiger charge is -2.34. The van der Waals surface area contributed by atoms with E-state index in [0.717, 1.165) is 11.4 Å². The number of rotatable bonds is 12. The van der Waals surface area contributed by atoms with Crippen molar-refractivity contribution in [2.45, 2.75) is 96.0 Å². The summed E-state index contributed by atoms with van der Waals surface area (Å²) in [7, 11) is -5.00. The molecule has 1 saturated heterocycles. The smallest absolute Gasteiger partial charge is 0.426 e. The molecule has 1 aliphatic carbocycles. The molecular weight excluding hydrogens is 478 g/mol. The van der Waals surface area contributed by atoms with Crippen molar-refractivity contribution in [2.24, 2.45) is 17.8 Å². The molecule has 0 aromatic carbocycles. The molecule has 3 atom stereocenters. The summed E-state index contributed by atoms with van der Waals surface area (Å²) in [4.78, 5) is 37.6. The number of ether oxygens (including phenoxy) is 1. The predicted octanol–water partition coefficient (Wildman–Crippen LogP) is 2.35. The third-order valence-corrected chi connectivity index (χ3v) is 7.71. The first-order chi connectivity index (χ1) is 16.5. The van der Waals surface area contributed by atoms with Gasteiger partial charge in [-0.3, -0.25) is 14.1 Å². The van der Waals surface area contributed by atoms with E-state index in [4.69, 9.17) is 4.74 Å². The molecular formula is C23H41N3O8S. The van der Waals surface area contributed by atoms with E-state index < -0.39 is 39.5 Å². The molecule has 0 radical (unpaired) electrons. The molecule has 1 saturated carbocycles. The highest BCUT2D eigenvalue weighted by Crippen LogP contribution is 2.27. The second-order valence-electron chi connectivity index (χ2n) is 10.1. The Hall–Kier alpha value is -1.92. The number of carbonyl (C=O) groups is 3. The Bertz CT molecular complexity index is 814. The van der Waals surface area contributed by atoms with Gasteiger partial charge in [0.25, 0.3) is 10.1 Å². The van der Waals surface area contributed by atoms with E-state index in [1.807, 2.05) is 13.8 Å². The van der Waals surface area contributed by atoms with E-state index in [9.17, 15) is 32.5 Å². The molecule has 35 heavy (non-hydrogen) atoms. The van der Waals surface area contributed by atoms with Crippen molar-refractivity contribution in [1.29, 1.82) is 0 Å². The van der Waals surface area contributed by atoms with Gasteiger partial charge in [-0.1, -0.05) is 46.0 Å². The van der Waals surface area contributed by atoms with E-state index in [1.54, 1.807) is 0 Å². The fraction of sp³-hybridized carbons (Fsp3) is 0.870. The maximum absolute atomic E-state index is 13.0. The van der Waals surface area contributed by atoms with Crippen LogP contribution in [0.25, 0.3) is 0 Å². The van der Waals surface area contributed by atoms with Crippen LogP contribution in [0.3, 0.4) is 0 Å². The van der Waals surface area contributed by atoms with Crippen LogP contribution in [0.2, 0.25) is 0 Å². The van der Waals surface area contributed by atoms with Gasteiger partial charge in [-0.25, -0.2) is 15.2 Å². The number of hydrazine groups is 1. The van der Waals surface area contributed by atoms with Crippen LogP contribution in [0.1, 0.15) is 84.5 Å². The average Bonchev–Trinajstić information content (AvgIpc) is 3.21. The lowest BCUT2D eigenvalue weighted by atomic mass is 9.86. The molecule has 0 aromatic rings. The standard InChI is InChI=1S/C23H41N3O8S/c1-16(2)10-11-20(27)26(25-23(30)34-14-6-9-17-7-4-3-5-8-17)19(22(29)35(31,32)33)15-18-12-13-24-21(18)28/h16-19,22,29H,3-15H2,1-2H3,(H,24,28)(H,25,30)(H,31,32,33)/t18?,19-,22?/m0/s1. The van der Waals surface area contributed by atoms with Gasteiger partial charge in [-0.15, -0.1) is 0 Å². The number of nitrogens with one attached hydrogen (secondary N) is 2. The van der Waals surface area contributed by atoms with Gasteiger partial charge >= 0.3 is 6.09 Å². The van der Waals surface area contributed by atoms with Crippen molar-refractivity contribution < 1.29 is 37.2 Å². The fourth-order valence-corrected chi connectivity index (χ4v) is 5.35. The number of aliphatic hydroxyl groups excluding tert-OH is 1. The average molecular weight is 520 g/mol. The molecule has 11 nitrogen and oxygen atoms in total. The van der Waals surface area contributed by atoms with E-state index in [0.29, 0.717) is 31.7 Å². The van der Waals surface area contributed by atoms with Crippen LogP contribution in [0, 0.1) is 17.8 Å². The summed E-state index contributed by atoms with van der Waals surface area (Å²) in [5.74, 6) is -0.916. The van der Waals surface area contributed by atoms with Gasteiger partial charge in [0.05, 0.1) is 12.6 Å². The van der Waals surface area contributed by atoms with Gasteiger partial charge in [0, 0.05) is 18.9 Å². The number of nitrogens with zero attached hydrogens (tertiary/aromatic N) is 1. The van der Waals surface area contributed by atoms with Crippen molar-refractivity contribution in [3.8, 4) is 0 Å². The summed E-state index contributed by atoms with van der Waals surface area (Å²) in [5.41, 5.74) is -0.135. The molecule has 12 heteroatoms. The quantitative estimate of drug-likeness (QED) is 0.173. The van der Waals surface area contributed by atoms with Crippen LogP contribution >= 0.6 is 0 Å². The third-order valence-electron chi connectivity index (χ3n) is 6.79. The molecule has 2 aliphatic rings. The Balaban J connectivity index is 2.09. The number of carbonyl (C=O) groups excluding carboxylic acids is 3. The molecule has 2 fully saturated rings. The van der Waals surface area contributed by atoms with Crippen molar-refractivity contribution in [3.63, 3.8) is 0 Å². The van der Waals surface area contributed by atoms with E-state index in [1.165, 1.54) is 32.1 Å². The monoisotopic (exact) mass is 519 g/mol. The van der Waals surface area contributed by atoms with Crippen LogP contribution in [0.15, 0.2) is 0 Å². The topological polar surface area (TPSA) is 162 Å². The molecule has 2 rings (SSSR count). The van der Waals surface area contributed by atoms with Crippen molar-refractivity contribution in [1.82, 2.24) is 15.8 Å². The Morgan fingerprint density at radius 2 is 1.89 bits per heavy atom. The van der Waals surface area contributed by atoms with Crippen LogP contribution in [-0.2, 0) is 24.4 Å². The highest BCUT2D eigenvalue weighted by atomic mass is 32.2. The second-order valence-corrected chi connectivity index (χ2v) is 11.6. The number of amides is 3. The largest absolute Gasteiger partial charge is 0.448 e. The molecule has 202 valence electrons. The summed E-state index contributed by atoms with van der Waals surface area (Å²) in [6.45, 7) is 4.31. The fourth-order valence-electron chi connectivity index (χ4n) is 4.72. The van der Waals surface area contributed by atoms with Gasteiger partial charge in [0.1, 0.15) is 0 Å². The van der Waals surface area contributed by atoms with Gasteiger partial charge in [0.15, 0.2) is 0 Å². The second kappa shape index (κ2) is 14.0. The Labute approximate surface area is 208 Å². The van der Waals surface area contributed by atoms with E-state index in [2.05, 4.69) is 10.7 Å². The summed E-state index contributed by atoms with van der Waals surface area (Å²) in [6, 6.07) is -1.58. The zero-order valence-electron chi connectivity index (χ0n) is 20.8. The highest BCUT2D eigenvalue weighted by molar-refractivity contribution is 7.86. The minimum absolute atomic E-state index is 0.0365. The van der Waals surface area contributed by atoms with Crippen LogP contribution < -0.4 is 10.7 Å². The van der Waals surface area contributed by atoms with Gasteiger partial charge in [-0.05, 0) is 43.9 Å². The summed E-state index contributed by atoms with van der Waals surface area (Å²) >= 11 is 0. The van der Waals surface area contributed by atoms with Crippen molar-refractivity contribution in [2.75, 3.05) is 13.2 Å². The number of hydrogen-bond acceptors (Lipinski definition) is 7. The van der Waals surface area contributed by atoms with Crippen LogP contribution in [0.5, 0.6) is 0 Å². The molecule has 3 amide bonds. The summed E-state index contributed by atoms with van der Waals surface area (Å²) in [5, 5.41) is 13.7. The van der Waals surface area contributed by atoms with Crippen LogP contribution in [0.4, 0.5) is 4.79 Å². The predicted molar refractivity (Wildman–Crippen MR) is 128 cm³/mol. The molecule has 1 heterocycles. The number of hydrogen-bond donors (Lipinski definition) is 4. The van der Waals surface area contributed by atoms with Crippen molar-refractivity contribution >= 4 is 28.0 Å². The first-order valence-corrected chi connectivity index (χ1v) is 14.2. The summed E-state index contributed by atoms with van der Waals surface area (Å²) < 4.78 is 38.3. The maximum Gasteiger partial charge on any atom is 0.426 e. The molecule has 0 aromatic heterocycles. The number of aliphatic hydroxyl groups is 1. The molecule has 0 bridgehead atoms. The first-order valence-electron chi connectivity index (χ1n) is 12.7. The zero-order valence-corrected chi connectivity index (χ0v) is 21.6. The SMILES string of the molecule is CC(C)CCC(=O)N(NC(=O)OCCCC1CCCCC1)[C@@H](CC1CCNC1=O)C(O)S(=O)(=O)O. The van der Waals surface area contributed by atoms with E-state index >= 15 is 0 Å². The maximum atomic E-state index is 13.0. The van der Waals surface area contributed by atoms with Crippen LogP contribution in [-0.4, -0.2) is 65.6 Å². The molecule has 0 spiro atoms. The van der Waals surface area contributed by atoms with Gasteiger partial charge < -0.3 is 15.2 Å². The third kappa shape index (κ3) is 9.92. The Kier molecular flexibility index (Phi) is 11.7. The highest BCUT2D eigenvalue weighted by Gasteiger charge is 2.41. The molecule has 1 aliphatic heterocycles. The first kappa shape index (κ1) is 29.3. The summed E-state index contributed by atoms with van der Waals surface area (Å²) in [6.07, 6.45) is 7.20. The van der Waals surface area contributed by atoms with Crippen molar-refractivity contribution in [3.05, 3.63) is 0 Å². The Morgan fingerprint density at radius 3 is 2.46 bits per heavy atom. The normalized spacial score (nSPS) is 20.8. The molecule has 2 unspecified atom stereocenters.